The van der Waals surface area contributed by atoms with E-state index in [0.29, 0.717) is 23.3 Å². The Bertz CT molecular complexity index is 665. The summed E-state index contributed by atoms with van der Waals surface area (Å²) in [4.78, 5) is 4.29. The number of nitrogens with zero attached hydrogens (tertiary/aromatic N) is 1. The standard InChI is InChI=1S/C17H20ClN3O2.HI/c1-12(23-14-9-7-13(18)8-10-14)11-20-17(19)21-15-5-3-4-6-16(15)22-2;/h3-10,12H,11H2,1-2H3,(H3,19,20,21);1H. The molecule has 0 aliphatic heterocycles. The maximum atomic E-state index is 5.90. The second-order valence-corrected chi connectivity index (χ2v) is 5.37. The van der Waals surface area contributed by atoms with Gasteiger partial charge >= 0.3 is 0 Å². The molecule has 1 atom stereocenters. The summed E-state index contributed by atoms with van der Waals surface area (Å²) >= 11 is 5.84. The van der Waals surface area contributed by atoms with Crippen LogP contribution in [0.2, 0.25) is 5.02 Å². The van der Waals surface area contributed by atoms with Gasteiger partial charge in [-0.3, -0.25) is 0 Å². The van der Waals surface area contributed by atoms with E-state index in [4.69, 9.17) is 26.8 Å². The normalized spacial score (nSPS) is 12.0. The summed E-state index contributed by atoms with van der Waals surface area (Å²) in [5.74, 6) is 1.76. The molecule has 1 unspecified atom stereocenters. The first-order valence-electron chi connectivity index (χ1n) is 7.20. The van der Waals surface area contributed by atoms with Crippen molar-refractivity contribution in [1.29, 1.82) is 0 Å². The van der Waals surface area contributed by atoms with Crippen LogP contribution in [0.4, 0.5) is 5.69 Å². The van der Waals surface area contributed by atoms with Crippen LogP contribution < -0.4 is 20.5 Å². The fourth-order valence-electron chi connectivity index (χ4n) is 1.94. The zero-order chi connectivity index (χ0) is 16.7. The molecular formula is C17H21ClIN3O2. The van der Waals surface area contributed by atoms with Crippen molar-refractivity contribution in [2.24, 2.45) is 10.7 Å². The van der Waals surface area contributed by atoms with Crippen molar-refractivity contribution in [3.8, 4) is 11.5 Å². The summed E-state index contributed by atoms with van der Waals surface area (Å²) in [7, 11) is 1.61. The van der Waals surface area contributed by atoms with Gasteiger partial charge in [0, 0.05) is 5.02 Å². The van der Waals surface area contributed by atoms with E-state index < -0.39 is 0 Å². The lowest BCUT2D eigenvalue weighted by Gasteiger charge is -2.14. The SMILES string of the molecule is COc1ccccc1NC(N)=NCC(C)Oc1ccc(Cl)cc1.I. The second-order valence-electron chi connectivity index (χ2n) is 4.93. The number of aliphatic imine (C=N–C) groups is 1. The van der Waals surface area contributed by atoms with Crippen molar-refractivity contribution in [3.05, 3.63) is 53.6 Å². The van der Waals surface area contributed by atoms with Gasteiger partial charge in [-0.25, -0.2) is 4.99 Å². The summed E-state index contributed by atoms with van der Waals surface area (Å²) in [5, 5.41) is 3.69. The highest BCUT2D eigenvalue weighted by molar-refractivity contribution is 14.0. The first-order valence-corrected chi connectivity index (χ1v) is 7.58. The summed E-state index contributed by atoms with van der Waals surface area (Å²) < 4.78 is 11.0. The molecule has 0 fully saturated rings. The fraction of sp³-hybridized carbons (Fsp3) is 0.235. The van der Waals surface area contributed by atoms with Crippen LogP contribution in [0.3, 0.4) is 0 Å². The maximum Gasteiger partial charge on any atom is 0.193 e. The van der Waals surface area contributed by atoms with Crippen LogP contribution in [-0.2, 0) is 0 Å². The predicted octanol–water partition coefficient (Wildman–Crippen LogP) is 4.16. The van der Waals surface area contributed by atoms with Gasteiger partial charge in [0.2, 0.25) is 0 Å². The van der Waals surface area contributed by atoms with Crippen LogP contribution in [-0.4, -0.2) is 25.7 Å². The number of hydrogen-bond donors (Lipinski definition) is 2. The molecule has 0 amide bonds. The van der Waals surface area contributed by atoms with E-state index in [9.17, 15) is 0 Å². The Hall–Kier alpha value is -1.67. The Morgan fingerprint density at radius 2 is 1.88 bits per heavy atom. The number of guanidine groups is 1. The van der Waals surface area contributed by atoms with Crippen LogP contribution in [0.25, 0.3) is 0 Å². The summed E-state index contributed by atoms with van der Waals surface area (Å²) in [6, 6.07) is 14.7. The Morgan fingerprint density at radius 3 is 2.54 bits per heavy atom. The highest BCUT2D eigenvalue weighted by Crippen LogP contribution is 2.22. The molecule has 2 rings (SSSR count). The average molecular weight is 462 g/mol. The molecule has 7 heteroatoms. The van der Waals surface area contributed by atoms with Gasteiger partial charge in [0.25, 0.3) is 0 Å². The number of nitrogens with two attached hydrogens (primary N) is 1. The van der Waals surface area contributed by atoms with Crippen LogP contribution in [0.1, 0.15) is 6.92 Å². The molecule has 2 aromatic rings. The zero-order valence-electron chi connectivity index (χ0n) is 13.5. The highest BCUT2D eigenvalue weighted by Gasteiger charge is 2.05. The first kappa shape index (κ1) is 20.4. The van der Waals surface area contributed by atoms with Crippen LogP contribution in [0, 0.1) is 0 Å². The minimum atomic E-state index is -0.116. The molecule has 2 aromatic carbocycles. The van der Waals surface area contributed by atoms with Crippen molar-refractivity contribution >= 4 is 47.2 Å². The Morgan fingerprint density at radius 1 is 1.21 bits per heavy atom. The summed E-state index contributed by atoms with van der Waals surface area (Å²) in [6.07, 6.45) is -0.116. The van der Waals surface area contributed by atoms with E-state index in [1.165, 1.54) is 0 Å². The number of rotatable bonds is 6. The van der Waals surface area contributed by atoms with Crippen molar-refractivity contribution in [2.45, 2.75) is 13.0 Å². The molecule has 0 heterocycles. The average Bonchev–Trinajstić information content (AvgIpc) is 2.55. The minimum Gasteiger partial charge on any atom is -0.495 e. The van der Waals surface area contributed by atoms with E-state index in [0.717, 1.165) is 11.4 Å². The number of ether oxygens (including phenoxy) is 2. The third kappa shape index (κ3) is 6.45. The van der Waals surface area contributed by atoms with E-state index in [1.54, 1.807) is 19.2 Å². The quantitative estimate of drug-likeness (QED) is 0.385. The van der Waals surface area contributed by atoms with Gasteiger partial charge < -0.3 is 20.5 Å². The number of para-hydroxylation sites is 2. The molecule has 5 nitrogen and oxygen atoms in total. The molecule has 0 aliphatic carbocycles. The lowest BCUT2D eigenvalue weighted by molar-refractivity contribution is 0.230. The third-order valence-electron chi connectivity index (χ3n) is 3.04. The Kier molecular flexibility index (Phi) is 8.70. The van der Waals surface area contributed by atoms with Gasteiger partial charge in [-0.1, -0.05) is 23.7 Å². The molecule has 0 saturated carbocycles. The highest BCUT2D eigenvalue weighted by atomic mass is 127. The molecule has 0 bridgehead atoms. The molecule has 0 aromatic heterocycles. The molecule has 0 spiro atoms. The number of anilines is 1. The van der Waals surface area contributed by atoms with E-state index in [-0.39, 0.29) is 30.1 Å². The van der Waals surface area contributed by atoms with E-state index in [2.05, 4.69) is 10.3 Å². The lowest BCUT2D eigenvalue weighted by Crippen LogP contribution is -2.25. The van der Waals surface area contributed by atoms with Gasteiger partial charge in [-0.2, -0.15) is 0 Å². The zero-order valence-corrected chi connectivity index (χ0v) is 16.6. The molecule has 24 heavy (non-hydrogen) atoms. The van der Waals surface area contributed by atoms with Gasteiger partial charge in [0.15, 0.2) is 5.96 Å². The number of nitrogens with one attached hydrogen (secondary N) is 1. The summed E-state index contributed by atoms with van der Waals surface area (Å²) in [5.41, 5.74) is 6.67. The maximum absolute atomic E-state index is 5.90. The van der Waals surface area contributed by atoms with E-state index >= 15 is 0 Å². The van der Waals surface area contributed by atoms with Gasteiger partial charge in [0.1, 0.15) is 17.6 Å². The first-order chi connectivity index (χ1) is 11.1. The van der Waals surface area contributed by atoms with Crippen molar-refractivity contribution in [1.82, 2.24) is 0 Å². The molecular weight excluding hydrogens is 441 g/mol. The minimum absolute atomic E-state index is 0. The fourth-order valence-corrected chi connectivity index (χ4v) is 2.06. The largest absolute Gasteiger partial charge is 0.495 e. The number of methoxy groups -OCH3 is 1. The third-order valence-corrected chi connectivity index (χ3v) is 3.29. The molecule has 130 valence electrons. The van der Waals surface area contributed by atoms with Crippen molar-refractivity contribution in [3.63, 3.8) is 0 Å². The molecule has 0 aliphatic rings. The van der Waals surface area contributed by atoms with E-state index in [1.807, 2.05) is 43.3 Å². The number of halogens is 2. The predicted molar refractivity (Wildman–Crippen MR) is 110 cm³/mol. The second kappa shape index (κ2) is 10.2. The monoisotopic (exact) mass is 461 g/mol. The smallest absolute Gasteiger partial charge is 0.193 e. The van der Waals surface area contributed by atoms with Crippen LogP contribution >= 0.6 is 35.6 Å². The Labute approximate surface area is 164 Å². The summed E-state index contributed by atoms with van der Waals surface area (Å²) in [6.45, 7) is 2.35. The number of hydrogen-bond acceptors (Lipinski definition) is 3. The van der Waals surface area contributed by atoms with Crippen molar-refractivity contribution < 1.29 is 9.47 Å². The molecule has 0 radical (unpaired) electrons. The van der Waals surface area contributed by atoms with Gasteiger partial charge in [0.05, 0.1) is 19.3 Å². The Balaban J connectivity index is 0.00000288. The number of benzene rings is 2. The molecule has 0 saturated heterocycles. The van der Waals surface area contributed by atoms with Crippen LogP contribution in [0.5, 0.6) is 11.5 Å². The van der Waals surface area contributed by atoms with Crippen molar-refractivity contribution in [2.75, 3.05) is 19.0 Å². The lowest BCUT2D eigenvalue weighted by atomic mass is 10.3. The van der Waals surface area contributed by atoms with Crippen LogP contribution in [0.15, 0.2) is 53.5 Å². The van der Waals surface area contributed by atoms with Gasteiger partial charge in [-0.15, -0.1) is 24.0 Å². The molecule has 3 N–H and O–H groups in total. The van der Waals surface area contributed by atoms with Gasteiger partial charge in [-0.05, 0) is 43.3 Å². The topological polar surface area (TPSA) is 68.9 Å².